The van der Waals surface area contributed by atoms with Gasteiger partial charge in [0.25, 0.3) is 0 Å². The van der Waals surface area contributed by atoms with Gasteiger partial charge in [-0.1, -0.05) is 0 Å². The molecule has 0 spiro atoms. The van der Waals surface area contributed by atoms with Gasteiger partial charge in [-0.25, -0.2) is 8.78 Å². The minimum absolute atomic E-state index is 0. The summed E-state index contributed by atoms with van der Waals surface area (Å²) in [6.45, 7) is 1.10. The van der Waals surface area contributed by atoms with Crippen LogP contribution in [0.1, 0.15) is 18.4 Å². The molecule has 6 heteroatoms. The van der Waals surface area contributed by atoms with E-state index in [1.165, 1.54) is 18.9 Å². The molecule has 1 aromatic rings. The largest absolute Gasteiger partial charge is 0.356 e. The molecule has 0 unspecified atom stereocenters. The monoisotopic (exact) mass is 381 g/mol. The minimum Gasteiger partial charge on any atom is -0.356 e. The normalized spacial score (nSPS) is 14.8. The lowest BCUT2D eigenvalue weighted by atomic mass is 10.2. The zero-order valence-corrected chi connectivity index (χ0v) is 13.1. The van der Waals surface area contributed by atoms with Gasteiger partial charge in [0.2, 0.25) is 0 Å². The highest BCUT2D eigenvalue weighted by molar-refractivity contribution is 14.0. The highest BCUT2D eigenvalue weighted by Crippen LogP contribution is 2.27. The first-order valence-corrected chi connectivity index (χ1v) is 6.07. The third-order valence-corrected chi connectivity index (χ3v) is 2.93. The number of benzene rings is 1. The molecule has 0 atom stereocenters. The number of halogens is 3. The fourth-order valence-electron chi connectivity index (χ4n) is 1.64. The van der Waals surface area contributed by atoms with E-state index >= 15 is 0 Å². The van der Waals surface area contributed by atoms with Crippen LogP contribution in [0.4, 0.5) is 8.78 Å². The van der Waals surface area contributed by atoms with E-state index in [0.29, 0.717) is 11.5 Å². The lowest BCUT2D eigenvalue weighted by molar-refractivity contribution is 0.581. The number of hydrogen-bond acceptors (Lipinski definition) is 1. The molecule has 106 valence electrons. The highest BCUT2D eigenvalue weighted by Gasteiger charge is 2.21. The third-order valence-electron chi connectivity index (χ3n) is 2.93. The predicted octanol–water partition coefficient (Wildman–Crippen LogP) is 2.66. The minimum atomic E-state index is -0.436. The van der Waals surface area contributed by atoms with Crippen LogP contribution in [0.15, 0.2) is 23.2 Å². The first kappa shape index (κ1) is 16.1. The van der Waals surface area contributed by atoms with Gasteiger partial charge in [0, 0.05) is 25.7 Å². The van der Waals surface area contributed by atoms with Gasteiger partial charge in [0.15, 0.2) is 5.96 Å². The van der Waals surface area contributed by atoms with Gasteiger partial charge >= 0.3 is 0 Å². The Morgan fingerprint density at radius 3 is 2.68 bits per heavy atom. The van der Waals surface area contributed by atoms with E-state index in [-0.39, 0.29) is 30.5 Å². The van der Waals surface area contributed by atoms with E-state index in [1.54, 1.807) is 7.05 Å². The summed E-state index contributed by atoms with van der Waals surface area (Å²) < 4.78 is 26.4. The van der Waals surface area contributed by atoms with E-state index in [9.17, 15) is 8.78 Å². The van der Waals surface area contributed by atoms with Crippen LogP contribution in [0.5, 0.6) is 0 Å². The molecule has 0 bridgehead atoms. The van der Waals surface area contributed by atoms with Crippen LogP contribution in [0.2, 0.25) is 0 Å². The molecule has 1 aliphatic carbocycles. The molecular formula is C13H18F2IN3. The van der Waals surface area contributed by atoms with Gasteiger partial charge in [-0.2, -0.15) is 0 Å². The number of hydrogen-bond donors (Lipinski definition) is 2. The van der Waals surface area contributed by atoms with Gasteiger partial charge in [0.05, 0.1) is 0 Å². The fourth-order valence-corrected chi connectivity index (χ4v) is 1.64. The second-order valence-corrected chi connectivity index (χ2v) is 4.49. The van der Waals surface area contributed by atoms with Crippen molar-refractivity contribution in [1.82, 2.24) is 10.6 Å². The van der Waals surface area contributed by atoms with Crippen LogP contribution in [0, 0.1) is 17.6 Å². The summed E-state index contributed by atoms with van der Waals surface area (Å²) in [5.74, 6) is 0.496. The van der Waals surface area contributed by atoms with Crippen molar-refractivity contribution >= 4 is 29.9 Å². The van der Waals surface area contributed by atoms with Gasteiger partial charge in [-0.3, -0.25) is 4.99 Å². The summed E-state index contributed by atoms with van der Waals surface area (Å²) in [5.41, 5.74) is 0.296. The molecule has 19 heavy (non-hydrogen) atoms. The maximum atomic E-state index is 13.4. The Hall–Kier alpha value is -0.920. The third kappa shape index (κ3) is 5.30. The van der Waals surface area contributed by atoms with Crippen LogP contribution < -0.4 is 10.6 Å². The number of aliphatic imine (C=N–C) groups is 1. The zero-order valence-electron chi connectivity index (χ0n) is 10.7. The van der Waals surface area contributed by atoms with Crippen molar-refractivity contribution in [2.45, 2.75) is 19.4 Å². The molecule has 1 aliphatic rings. The molecule has 0 saturated heterocycles. The first-order chi connectivity index (χ1) is 8.69. The lowest BCUT2D eigenvalue weighted by Crippen LogP contribution is -2.38. The summed E-state index contributed by atoms with van der Waals surface area (Å²) in [4.78, 5) is 4.03. The van der Waals surface area contributed by atoms with E-state index < -0.39 is 11.6 Å². The lowest BCUT2D eigenvalue weighted by Gasteiger charge is -2.12. The number of nitrogens with one attached hydrogen (secondary N) is 2. The first-order valence-electron chi connectivity index (χ1n) is 6.07. The zero-order chi connectivity index (χ0) is 13.0. The van der Waals surface area contributed by atoms with E-state index in [4.69, 9.17) is 0 Å². The van der Waals surface area contributed by atoms with E-state index in [0.717, 1.165) is 24.6 Å². The number of rotatable bonds is 4. The molecule has 0 aliphatic heterocycles. The van der Waals surface area contributed by atoms with Gasteiger partial charge in [0.1, 0.15) is 11.6 Å². The number of guanidine groups is 1. The predicted molar refractivity (Wildman–Crippen MR) is 82.7 cm³/mol. The van der Waals surface area contributed by atoms with Crippen molar-refractivity contribution < 1.29 is 8.78 Å². The van der Waals surface area contributed by atoms with Gasteiger partial charge in [-0.05, 0) is 37.0 Å². The number of nitrogens with zero attached hydrogens (tertiary/aromatic N) is 1. The summed E-state index contributed by atoms with van der Waals surface area (Å²) in [6.07, 6.45) is 2.50. The van der Waals surface area contributed by atoms with Crippen LogP contribution in [-0.4, -0.2) is 19.6 Å². The van der Waals surface area contributed by atoms with Crippen LogP contribution >= 0.6 is 24.0 Å². The maximum Gasteiger partial charge on any atom is 0.191 e. The summed E-state index contributed by atoms with van der Waals surface area (Å²) in [5, 5.41) is 6.13. The topological polar surface area (TPSA) is 36.4 Å². The van der Waals surface area contributed by atoms with Gasteiger partial charge in [-0.15, -0.1) is 24.0 Å². The van der Waals surface area contributed by atoms with Crippen molar-refractivity contribution in [3.63, 3.8) is 0 Å². The molecule has 0 amide bonds. The Balaban J connectivity index is 0.00000180. The Morgan fingerprint density at radius 2 is 2.05 bits per heavy atom. The maximum absolute atomic E-state index is 13.4. The molecule has 0 aromatic heterocycles. The van der Waals surface area contributed by atoms with Crippen molar-refractivity contribution in [3.8, 4) is 0 Å². The summed E-state index contributed by atoms with van der Waals surface area (Å²) >= 11 is 0. The summed E-state index contributed by atoms with van der Waals surface area (Å²) in [7, 11) is 1.66. The Morgan fingerprint density at radius 1 is 1.32 bits per heavy atom. The van der Waals surface area contributed by atoms with Crippen molar-refractivity contribution in [1.29, 1.82) is 0 Å². The molecule has 0 heterocycles. The van der Waals surface area contributed by atoms with Crippen LogP contribution in [0.25, 0.3) is 0 Å². The second kappa shape index (κ2) is 7.62. The van der Waals surface area contributed by atoms with Crippen molar-refractivity contribution in [3.05, 3.63) is 35.4 Å². The Bertz CT molecular complexity index is 448. The van der Waals surface area contributed by atoms with Crippen molar-refractivity contribution in [2.24, 2.45) is 10.9 Å². The van der Waals surface area contributed by atoms with Crippen LogP contribution in [-0.2, 0) is 6.54 Å². The standard InChI is InChI=1S/C13H17F2N3.HI/c1-16-13(17-7-9-2-3-9)18-8-10-6-11(14)4-5-12(10)15;/h4-6,9H,2-3,7-8H2,1H3,(H2,16,17,18);1H. The average Bonchev–Trinajstić information content (AvgIpc) is 3.17. The van der Waals surface area contributed by atoms with E-state index in [1.807, 2.05) is 0 Å². The summed E-state index contributed by atoms with van der Waals surface area (Å²) in [6, 6.07) is 3.43. The highest BCUT2D eigenvalue weighted by atomic mass is 127. The molecule has 1 saturated carbocycles. The molecule has 1 aromatic carbocycles. The quantitative estimate of drug-likeness (QED) is 0.478. The molecule has 0 radical (unpaired) electrons. The molecule has 3 nitrogen and oxygen atoms in total. The van der Waals surface area contributed by atoms with Crippen molar-refractivity contribution in [2.75, 3.05) is 13.6 Å². The smallest absolute Gasteiger partial charge is 0.191 e. The fraction of sp³-hybridized carbons (Fsp3) is 0.462. The molecule has 2 rings (SSSR count). The Labute approximate surface area is 128 Å². The van der Waals surface area contributed by atoms with Crippen LogP contribution in [0.3, 0.4) is 0 Å². The Kier molecular flexibility index (Phi) is 6.47. The molecule has 2 N–H and O–H groups in total. The van der Waals surface area contributed by atoms with Gasteiger partial charge < -0.3 is 10.6 Å². The second-order valence-electron chi connectivity index (χ2n) is 4.49. The average molecular weight is 381 g/mol. The molecule has 1 fully saturated rings. The van der Waals surface area contributed by atoms with E-state index in [2.05, 4.69) is 15.6 Å². The molecular weight excluding hydrogens is 363 g/mol. The SMILES string of the molecule is CN=C(NCc1cc(F)ccc1F)NCC1CC1.I.